The van der Waals surface area contributed by atoms with Crippen LogP contribution in [0.3, 0.4) is 0 Å². The lowest BCUT2D eigenvalue weighted by molar-refractivity contribution is 0.146. The number of guanidine groups is 1. The molecule has 7 heteroatoms. The van der Waals surface area contributed by atoms with Crippen molar-refractivity contribution < 1.29 is 9.47 Å². The summed E-state index contributed by atoms with van der Waals surface area (Å²) in [6, 6.07) is 8.01. The Morgan fingerprint density at radius 1 is 1.15 bits per heavy atom. The van der Waals surface area contributed by atoms with Gasteiger partial charge in [-0.1, -0.05) is 12.1 Å². The molecule has 0 amide bonds. The van der Waals surface area contributed by atoms with E-state index in [-0.39, 0.29) is 0 Å². The Morgan fingerprint density at radius 3 is 2.56 bits per heavy atom. The summed E-state index contributed by atoms with van der Waals surface area (Å²) in [7, 11) is 1.67. The highest BCUT2D eigenvalue weighted by molar-refractivity contribution is 7.11. The van der Waals surface area contributed by atoms with Crippen molar-refractivity contribution in [2.75, 3.05) is 33.4 Å². The zero-order valence-electron chi connectivity index (χ0n) is 16.7. The fourth-order valence-electron chi connectivity index (χ4n) is 2.38. The van der Waals surface area contributed by atoms with Crippen LogP contribution in [0.4, 0.5) is 0 Å². The molecule has 0 saturated carbocycles. The smallest absolute Gasteiger partial charge is 0.191 e. The van der Waals surface area contributed by atoms with E-state index in [4.69, 9.17) is 9.47 Å². The molecule has 6 nitrogen and oxygen atoms in total. The van der Waals surface area contributed by atoms with Crippen LogP contribution < -0.4 is 15.4 Å². The lowest BCUT2D eigenvalue weighted by atomic mass is 10.2. The number of ether oxygens (including phenoxy) is 2. The molecule has 0 atom stereocenters. The summed E-state index contributed by atoms with van der Waals surface area (Å²) in [5, 5.41) is 7.83. The minimum atomic E-state index is 0.556. The predicted octanol–water partition coefficient (Wildman–Crippen LogP) is 3.08. The van der Waals surface area contributed by atoms with E-state index in [9.17, 15) is 0 Å². The predicted molar refractivity (Wildman–Crippen MR) is 112 cm³/mol. The summed E-state index contributed by atoms with van der Waals surface area (Å²) in [4.78, 5) is 10.5. The van der Waals surface area contributed by atoms with E-state index in [2.05, 4.69) is 41.4 Å². The van der Waals surface area contributed by atoms with Gasteiger partial charge in [-0.2, -0.15) is 0 Å². The van der Waals surface area contributed by atoms with Gasteiger partial charge in [-0.3, -0.25) is 0 Å². The van der Waals surface area contributed by atoms with Crippen LogP contribution in [0.15, 0.2) is 29.3 Å². The molecule has 27 heavy (non-hydrogen) atoms. The van der Waals surface area contributed by atoms with E-state index < -0.39 is 0 Å². The van der Waals surface area contributed by atoms with Crippen molar-refractivity contribution in [2.45, 2.75) is 33.7 Å². The van der Waals surface area contributed by atoms with Gasteiger partial charge in [0.05, 0.1) is 23.9 Å². The molecule has 0 radical (unpaired) electrons. The maximum atomic E-state index is 5.58. The highest BCUT2D eigenvalue weighted by Crippen LogP contribution is 2.16. The molecule has 1 aromatic heterocycles. The fraction of sp³-hybridized carbons (Fsp3) is 0.500. The highest BCUT2D eigenvalue weighted by atomic mass is 32.1. The monoisotopic (exact) mass is 390 g/mol. The second kappa shape index (κ2) is 11.6. The third-order valence-electron chi connectivity index (χ3n) is 3.95. The first-order valence-electron chi connectivity index (χ1n) is 9.28. The minimum Gasteiger partial charge on any atom is -0.491 e. The Labute approximate surface area is 166 Å². The Hall–Kier alpha value is -2.12. The first-order chi connectivity index (χ1) is 13.1. The molecule has 0 aliphatic rings. The zero-order valence-corrected chi connectivity index (χ0v) is 17.5. The number of benzene rings is 1. The van der Waals surface area contributed by atoms with E-state index >= 15 is 0 Å². The van der Waals surface area contributed by atoms with Crippen LogP contribution in [0.5, 0.6) is 5.75 Å². The Balaban J connectivity index is 1.83. The van der Waals surface area contributed by atoms with Crippen molar-refractivity contribution in [1.29, 1.82) is 0 Å². The van der Waals surface area contributed by atoms with Crippen LogP contribution in [-0.4, -0.2) is 44.4 Å². The van der Waals surface area contributed by atoms with Crippen LogP contribution >= 0.6 is 11.3 Å². The molecule has 0 spiro atoms. The lowest BCUT2D eigenvalue weighted by Crippen LogP contribution is -2.38. The van der Waals surface area contributed by atoms with Crippen LogP contribution in [0.25, 0.3) is 0 Å². The maximum Gasteiger partial charge on any atom is 0.191 e. The molecule has 0 saturated heterocycles. The zero-order chi connectivity index (χ0) is 19.5. The third kappa shape index (κ3) is 7.56. The highest BCUT2D eigenvalue weighted by Gasteiger charge is 2.04. The van der Waals surface area contributed by atoms with Crippen molar-refractivity contribution in [3.63, 3.8) is 0 Å². The number of thiazole rings is 1. The van der Waals surface area contributed by atoms with Crippen molar-refractivity contribution in [3.05, 3.63) is 45.4 Å². The fourth-order valence-corrected chi connectivity index (χ4v) is 3.31. The van der Waals surface area contributed by atoms with Crippen molar-refractivity contribution in [1.82, 2.24) is 15.6 Å². The third-order valence-corrected chi connectivity index (χ3v) is 5.08. The number of aromatic nitrogens is 1. The second-order valence-electron chi connectivity index (χ2n) is 6.11. The summed E-state index contributed by atoms with van der Waals surface area (Å²) in [5.41, 5.74) is 2.27. The van der Waals surface area contributed by atoms with E-state index in [0.29, 0.717) is 19.8 Å². The number of nitrogens with zero attached hydrogens (tertiary/aromatic N) is 2. The number of rotatable bonds is 10. The van der Waals surface area contributed by atoms with Gasteiger partial charge in [-0.25, -0.2) is 9.98 Å². The molecule has 1 aromatic carbocycles. The molecule has 1 heterocycles. The Kier molecular flexibility index (Phi) is 9.07. The lowest BCUT2D eigenvalue weighted by Gasteiger charge is -2.11. The molecular formula is C20H30N4O2S. The van der Waals surface area contributed by atoms with E-state index in [1.807, 2.05) is 24.3 Å². The number of methoxy groups -OCH3 is 1. The van der Waals surface area contributed by atoms with Crippen molar-refractivity contribution in [3.8, 4) is 5.75 Å². The summed E-state index contributed by atoms with van der Waals surface area (Å²) in [6.07, 6.45) is 0.900. The SMILES string of the molecule is CCNC(=NCc1ccc(OCCOC)cc1)NCCc1nc(C)c(C)s1. The summed E-state index contributed by atoms with van der Waals surface area (Å²) < 4.78 is 10.6. The average Bonchev–Trinajstić information content (AvgIpc) is 2.98. The van der Waals surface area contributed by atoms with Crippen molar-refractivity contribution in [2.24, 2.45) is 4.99 Å². The van der Waals surface area contributed by atoms with Gasteiger partial charge < -0.3 is 20.1 Å². The molecule has 0 unspecified atom stereocenters. The summed E-state index contributed by atoms with van der Waals surface area (Å²) in [6.45, 7) is 9.63. The molecule has 0 fully saturated rings. The quantitative estimate of drug-likeness (QED) is 0.371. The number of aliphatic imine (C=N–C) groups is 1. The number of hydrogen-bond donors (Lipinski definition) is 2. The molecule has 0 bridgehead atoms. The topological polar surface area (TPSA) is 67.8 Å². The van der Waals surface area contributed by atoms with Gasteiger partial charge in [0, 0.05) is 31.5 Å². The molecule has 0 aliphatic heterocycles. The molecule has 0 aliphatic carbocycles. The normalized spacial score (nSPS) is 11.5. The second-order valence-corrected chi connectivity index (χ2v) is 7.39. The van der Waals surface area contributed by atoms with Gasteiger partial charge in [0.1, 0.15) is 12.4 Å². The standard InChI is InChI=1S/C20H30N4O2S/c1-5-21-20(22-11-10-19-24-15(2)16(3)27-19)23-14-17-6-8-18(9-7-17)26-13-12-25-4/h6-9H,5,10-14H2,1-4H3,(H2,21,22,23). The first-order valence-corrected chi connectivity index (χ1v) is 10.1. The van der Waals surface area contributed by atoms with E-state index in [1.165, 1.54) is 4.88 Å². The molecule has 2 aromatic rings. The number of nitrogens with one attached hydrogen (secondary N) is 2. The summed E-state index contributed by atoms with van der Waals surface area (Å²) >= 11 is 1.77. The average molecular weight is 391 g/mol. The Bertz CT molecular complexity index is 694. The molecule has 2 N–H and O–H groups in total. The minimum absolute atomic E-state index is 0.556. The van der Waals surface area contributed by atoms with Gasteiger partial charge in [0.2, 0.25) is 0 Å². The van der Waals surface area contributed by atoms with Gasteiger partial charge in [0.25, 0.3) is 0 Å². The van der Waals surface area contributed by atoms with E-state index in [1.54, 1.807) is 18.4 Å². The summed E-state index contributed by atoms with van der Waals surface area (Å²) in [5.74, 6) is 1.67. The molecular weight excluding hydrogens is 360 g/mol. The maximum absolute atomic E-state index is 5.58. The van der Waals surface area contributed by atoms with Crippen molar-refractivity contribution >= 4 is 17.3 Å². The molecule has 148 valence electrons. The van der Waals surface area contributed by atoms with Crippen LogP contribution in [-0.2, 0) is 17.7 Å². The van der Waals surface area contributed by atoms with Gasteiger partial charge in [-0.05, 0) is 38.5 Å². The Morgan fingerprint density at radius 2 is 1.93 bits per heavy atom. The number of hydrogen-bond acceptors (Lipinski definition) is 5. The van der Waals surface area contributed by atoms with E-state index in [0.717, 1.165) is 47.5 Å². The first kappa shape index (κ1) is 21.2. The van der Waals surface area contributed by atoms with Crippen LogP contribution in [0, 0.1) is 13.8 Å². The largest absolute Gasteiger partial charge is 0.491 e. The van der Waals surface area contributed by atoms with Crippen LogP contribution in [0.2, 0.25) is 0 Å². The van der Waals surface area contributed by atoms with Gasteiger partial charge in [0.15, 0.2) is 5.96 Å². The molecule has 2 rings (SSSR count). The van der Waals surface area contributed by atoms with Crippen LogP contribution in [0.1, 0.15) is 28.1 Å². The van der Waals surface area contributed by atoms with Gasteiger partial charge >= 0.3 is 0 Å². The number of aryl methyl sites for hydroxylation is 2. The van der Waals surface area contributed by atoms with Gasteiger partial charge in [-0.15, -0.1) is 11.3 Å².